The van der Waals surface area contributed by atoms with Crippen molar-refractivity contribution in [3.8, 4) is 5.75 Å². The molecular weight excluding hydrogens is 462 g/mol. The molecule has 1 unspecified atom stereocenters. The zero-order valence-electron chi connectivity index (χ0n) is 19.6. The summed E-state index contributed by atoms with van der Waals surface area (Å²) in [7, 11) is 0. The number of amides is 2. The molecule has 3 aromatic carbocycles. The minimum atomic E-state index is -0.387. The lowest BCUT2D eigenvalue weighted by Crippen LogP contribution is -2.53. The van der Waals surface area contributed by atoms with Gasteiger partial charge in [0.25, 0.3) is 11.8 Å². The van der Waals surface area contributed by atoms with Gasteiger partial charge in [0.05, 0.1) is 5.69 Å². The Labute approximate surface area is 209 Å². The lowest BCUT2D eigenvalue weighted by atomic mass is 10.1. The zero-order chi connectivity index (χ0) is 24.5. The van der Waals surface area contributed by atoms with E-state index in [0.717, 1.165) is 6.54 Å². The molecule has 1 saturated heterocycles. The Bertz CT molecular complexity index is 1340. The number of carbonyl (C=O) groups excluding carboxylic acids is 2. The molecule has 3 aromatic rings. The molecule has 5 rings (SSSR count). The number of nitrogens with one attached hydrogen (secondary N) is 1. The van der Waals surface area contributed by atoms with Gasteiger partial charge in [-0.15, -0.1) is 0 Å². The monoisotopic (exact) mass is 487 g/mol. The number of piperazine rings is 1. The zero-order valence-corrected chi connectivity index (χ0v) is 20.4. The maximum atomic E-state index is 13.3. The Balaban J connectivity index is 1.30. The van der Waals surface area contributed by atoms with Gasteiger partial charge in [-0.05, 0) is 67.4 Å². The molecule has 0 aliphatic carbocycles. The van der Waals surface area contributed by atoms with E-state index in [9.17, 15) is 9.59 Å². The van der Waals surface area contributed by atoms with Gasteiger partial charge < -0.3 is 19.9 Å². The third kappa shape index (κ3) is 4.75. The summed E-state index contributed by atoms with van der Waals surface area (Å²) in [5, 5.41) is 3.36. The fourth-order valence-electron chi connectivity index (χ4n) is 4.54. The summed E-state index contributed by atoms with van der Waals surface area (Å²) < 4.78 is 5.83. The van der Waals surface area contributed by atoms with Crippen LogP contribution in [0, 0.1) is 6.92 Å². The van der Waals surface area contributed by atoms with E-state index in [4.69, 9.17) is 16.3 Å². The van der Waals surface area contributed by atoms with E-state index in [1.165, 1.54) is 11.3 Å². The highest BCUT2D eigenvalue weighted by Crippen LogP contribution is 2.33. The van der Waals surface area contributed by atoms with Gasteiger partial charge in [0.2, 0.25) is 0 Å². The van der Waals surface area contributed by atoms with Crippen LogP contribution in [0.15, 0.2) is 72.5 Å². The van der Waals surface area contributed by atoms with Gasteiger partial charge in [-0.25, -0.2) is 0 Å². The number of benzene rings is 3. The molecule has 0 saturated carbocycles. The topological polar surface area (TPSA) is 61.9 Å². The second kappa shape index (κ2) is 9.47. The van der Waals surface area contributed by atoms with E-state index in [1.807, 2.05) is 23.1 Å². The summed E-state index contributed by atoms with van der Waals surface area (Å²) in [5.74, 6) is 0.181. The molecule has 0 spiro atoms. The Morgan fingerprint density at radius 1 is 1.09 bits per heavy atom. The van der Waals surface area contributed by atoms with Crippen LogP contribution in [0.3, 0.4) is 0 Å². The Morgan fingerprint density at radius 2 is 1.91 bits per heavy atom. The van der Waals surface area contributed by atoms with Crippen molar-refractivity contribution >= 4 is 40.9 Å². The van der Waals surface area contributed by atoms with Crippen LogP contribution in [0.4, 0.5) is 11.4 Å². The Hall–Kier alpha value is -3.77. The predicted octanol–water partition coefficient (Wildman–Crippen LogP) is 5.37. The summed E-state index contributed by atoms with van der Waals surface area (Å²) in [4.78, 5) is 30.1. The minimum absolute atomic E-state index is 0.0600. The molecule has 1 atom stereocenters. The molecule has 2 aliphatic rings. The van der Waals surface area contributed by atoms with Crippen LogP contribution in [-0.2, 0) is 4.79 Å². The van der Waals surface area contributed by atoms with E-state index in [0.29, 0.717) is 40.7 Å². The SMILES string of the molecule is Cc1cccc(N2CCN(C(=O)c3ccc4c(c3)NC(=O)/C(=C\c3ccccc3Cl)O4)CC2C)c1. The smallest absolute Gasteiger partial charge is 0.291 e. The lowest BCUT2D eigenvalue weighted by Gasteiger charge is -2.41. The number of halogens is 1. The standard InChI is InChI=1S/C28H26ClN3O3/c1-18-6-5-8-22(14-18)32-13-12-31(17-19(32)2)28(34)21-10-11-25-24(15-21)30-27(33)26(35-25)16-20-7-3-4-9-23(20)29/h3-11,14-16,19H,12-13,17H2,1-2H3,(H,30,33)/b26-16+. The first-order valence-corrected chi connectivity index (χ1v) is 12.0. The number of carbonyl (C=O) groups is 2. The average molecular weight is 488 g/mol. The van der Waals surface area contributed by atoms with Crippen molar-refractivity contribution in [2.24, 2.45) is 0 Å². The fourth-order valence-corrected chi connectivity index (χ4v) is 4.73. The number of aryl methyl sites for hydroxylation is 1. The van der Waals surface area contributed by atoms with Gasteiger partial charge in [-0.3, -0.25) is 9.59 Å². The van der Waals surface area contributed by atoms with Gasteiger partial charge in [-0.2, -0.15) is 0 Å². The van der Waals surface area contributed by atoms with Crippen molar-refractivity contribution in [1.29, 1.82) is 0 Å². The van der Waals surface area contributed by atoms with Crippen LogP contribution in [0.2, 0.25) is 5.02 Å². The minimum Gasteiger partial charge on any atom is -0.449 e. The molecule has 0 bridgehead atoms. The van der Waals surface area contributed by atoms with E-state index >= 15 is 0 Å². The molecule has 1 fully saturated rings. The fraction of sp³-hybridized carbons (Fsp3) is 0.214. The normalized spacial score (nSPS) is 18.7. The second-order valence-corrected chi connectivity index (χ2v) is 9.34. The Morgan fingerprint density at radius 3 is 2.69 bits per heavy atom. The van der Waals surface area contributed by atoms with Crippen molar-refractivity contribution in [3.05, 3.63) is 94.2 Å². The van der Waals surface area contributed by atoms with Crippen molar-refractivity contribution in [3.63, 3.8) is 0 Å². The first kappa shape index (κ1) is 23.0. The summed E-state index contributed by atoms with van der Waals surface area (Å²) in [5.41, 5.74) is 4.08. The quantitative estimate of drug-likeness (QED) is 0.504. The van der Waals surface area contributed by atoms with Crippen molar-refractivity contribution in [2.75, 3.05) is 29.9 Å². The molecule has 1 N–H and O–H groups in total. The van der Waals surface area contributed by atoms with E-state index < -0.39 is 0 Å². The first-order chi connectivity index (χ1) is 16.9. The van der Waals surface area contributed by atoms with Crippen LogP contribution in [0.5, 0.6) is 5.75 Å². The van der Waals surface area contributed by atoms with Crippen molar-refractivity contribution in [1.82, 2.24) is 4.90 Å². The third-order valence-electron chi connectivity index (χ3n) is 6.36. The van der Waals surface area contributed by atoms with Gasteiger partial charge in [0.15, 0.2) is 11.5 Å². The van der Waals surface area contributed by atoms with E-state index in [1.54, 1.807) is 30.3 Å². The van der Waals surface area contributed by atoms with Crippen molar-refractivity contribution < 1.29 is 14.3 Å². The van der Waals surface area contributed by atoms with Gasteiger partial charge in [-0.1, -0.05) is 41.9 Å². The first-order valence-electron chi connectivity index (χ1n) is 11.6. The molecule has 2 heterocycles. The second-order valence-electron chi connectivity index (χ2n) is 8.93. The predicted molar refractivity (Wildman–Crippen MR) is 139 cm³/mol. The highest BCUT2D eigenvalue weighted by molar-refractivity contribution is 6.32. The summed E-state index contributed by atoms with van der Waals surface area (Å²) in [6.45, 7) is 6.23. The summed E-state index contributed by atoms with van der Waals surface area (Å²) >= 11 is 6.20. The number of anilines is 2. The summed E-state index contributed by atoms with van der Waals surface area (Å²) in [6.07, 6.45) is 1.61. The maximum absolute atomic E-state index is 13.3. The number of nitrogens with zero attached hydrogens (tertiary/aromatic N) is 2. The third-order valence-corrected chi connectivity index (χ3v) is 6.70. The lowest BCUT2D eigenvalue weighted by molar-refractivity contribution is -0.115. The average Bonchev–Trinajstić information content (AvgIpc) is 2.85. The van der Waals surface area contributed by atoms with Gasteiger partial charge >= 0.3 is 0 Å². The molecule has 0 aromatic heterocycles. The molecule has 178 valence electrons. The van der Waals surface area contributed by atoms with Gasteiger partial charge in [0, 0.05) is 41.9 Å². The highest BCUT2D eigenvalue weighted by atomic mass is 35.5. The van der Waals surface area contributed by atoms with Crippen LogP contribution in [-0.4, -0.2) is 42.4 Å². The molecule has 0 radical (unpaired) electrons. The van der Waals surface area contributed by atoms with Crippen LogP contribution in [0.25, 0.3) is 6.08 Å². The maximum Gasteiger partial charge on any atom is 0.291 e. The number of rotatable bonds is 3. The number of hydrogen-bond donors (Lipinski definition) is 1. The number of ether oxygens (including phenoxy) is 1. The number of fused-ring (bicyclic) bond motifs is 1. The van der Waals surface area contributed by atoms with Crippen LogP contribution >= 0.6 is 11.6 Å². The highest BCUT2D eigenvalue weighted by Gasteiger charge is 2.29. The molecule has 2 amide bonds. The van der Waals surface area contributed by atoms with E-state index in [-0.39, 0.29) is 23.6 Å². The number of hydrogen-bond acceptors (Lipinski definition) is 4. The molecular formula is C28H26ClN3O3. The molecule has 35 heavy (non-hydrogen) atoms. The van der Waals surface area contributed by atoms with Crippen LogP contribution < -0.4 is 15.0 Å². The largest absolute Gasteiger partial charge is 0.449 e. The van der Waals surface area contributed by atoms with Crippen molar-refractivity contribution in [2.45, 2.75) is 19.9 Å². The molecule has 2 aliphatic heterocycles. The summed E-state index contributed by atoms with van der Waals surface area (Å²) in [6, 6.07) is 21.0. The van der Waals surface area contributed by atoms with Gasteiger partial charge in [0.1, 0.15) is 0 Å². The molecule has 7 heteroatoms. The Kier molecular flexibility index (Phi) is 6.22. The molecule has 6 nitrogen and oxygen atoms in total. The van der Waals surface area contributed by atoms with E-state index in [2.05, 4.69) is 48.3 Å². The van der Waals surface area contributed by atoms with Crippen LogP contribution in [0.1, 0.15) is 28.4 Å².